The van der Waals surface area contributed by atoms with E-state index in [2.05, 4.69) is 10.2 Å². The Balaban J connectivity index is 1.37. The number of carbonyl (C=O) groups is 1. The number of benzene rings is 3. The molecule has 44 heavy (non-hydrogen) atoms. The Labute approximate surface area is 265 Å². The van der Waals surface area contributed by atoms with Crippen LogP contribution in [0.25, 0.3) is 10.9 Å². The van der Waals surface area contributed by atoms with Gasteiger partial charge in [-0.1, -0.05) is 41.4 Å². The van der Waals surface area contributed by atoms with Crippen LogP contribution in [-0.4, -0.2) is 60.0 Å². The van der Waals surface area contributed by atoms with Crippen LogP contribution in [0.1, 0.15) is 31.2 Å². The molecule has 0 radical (unpaired) electrons. The van der Waals surface area contributed by atoms with Crippen LogP contribution in [0.3, 0.4) is 0 Å². The lowest BCUT2D eigenvalue weighted by molar-refractivity contribution is -0.127. The van der Waals surface area contributed by atoms with Crippen molar-refractivity contribution in [2.75, 3.05) is 24.7 Å². The number of sulfone groups is 1. The molecule has 230 valence electrons. The van der Waals surface area contributed by atoms with Crippen LogP contribution in [0.15, 0.2) is 65.6 Å². The fraction of sp³-hybridized carbons (Fsp3) is 0.375. The van der Waals surface area contributed by atoms with Gasteiger partial charge in [-0.05, 0) is 73.7 Å². The second-order valence-corrected chi connectivity index (χ2v) is 15.2. The molecule has 1 saturated carbocycles. The fourth-order valence-electron chi connectivity index (χ4n) is 7.09. The van der Waals surface area contributed by atoms with Crippen LogP contribution in [0, 0.1) is 17.7 Å². The first-order valence-corrected chi connectivity index (χ1v) is 17.2. The molecule has 4 aromatic rings. The average Bonchev–Trinajstić information content (AvgIpc) is 3.71. The van der Waals surface area contributed by atoms with Gasteiger partial charge in [-0.2, -0.15) is 5.10 Å². The number of amides is 1. The summed E-state index contributed by atoms with van der Waals surface area (Å²) in [6.07, 6.45) is 3.28. The number of hydrogen-bond donors (Lipinski definition) is 1. The van der Waals surface area contributed by atoms with E-state index in [1.807, 2.05) is 6.92 Å². The molecule has 0 unspecified atom stereocenters. The molecule has 0 spiro atoms. The molecule has 1 aliphatic carbocycles. The number of likely N-dealkylation sites (tertiary alicyclic amines) is 1. The molecule has 1 saturated heterocycles. The highest BCUT2D eigenvalue weighted by molar-refractivity contribution is 7.90. The fourth-order valence-corrected chi connectivity index (χ4v) is 8.10. The topological polar surface area (TPSA) is 93.5 Å². The summed E-state index contributed by atoms with van der Waals surface area (Å²) < 4.78 is 48.7. The van der Waals surface area contributed by atoms with Gasteiger partial charge in [-0.15, -0.1) is 0 Å². The Morgan fingerprint density at radius 2 is 1.91 bits per heavy atom. The minimum absolute atomic E-state index is 0.0130. The normalized spacial score (nSPS) is 25.2. The quantitative estimate of drug-likeness (QED) is 0.267. The lowest BCUT2D eigenvalue weighted by atomic mass is 9.74. The van der Waals surface area contributed by atoms with Gasteiger partial charge in [0.05, 0.1) is 26.9 Å². The SMILES string of the molecule is C[C@]1(C(=O)Nc2cccc(Cl)c2)[C@@H](c2cccc(Cl)c2F)[C@@H]2Cn3nc4cc(S(C)(=O)=O)ccc4c3OC[C@@H]2N1CC1CC1. The predicted molar refractivity (Wildman–Crippen MR) is 168 cm³/mol. The third-order valence-corrected chi connectivity index (χ3v) is 11.0. The number of anilines is 1. The molecule has 7 rings (SSSR count). The van der Waals surface area contributed by atoms with Gasteiger partial charge in [0.1, 0.15) is 18.0 Å². The highest BCUT2D eigenvalue weighted by Crippen LogP contribution is 2.54. The van der Waals surface area contributed by atoms with Gasteiger partial charge in [0.25, 0.3) is 0 Å². The van der Waals surface area contributed by atoms with Crippen LogP contribution in [0.5, 0.6) is 5.88 Å². The number of nitrogens with zero attached hydrogens (tertiary/aromatic N) is 3. The molecule has 8 nitrogen and oxygen atoms in total. The number of hydrogen-bond acceptors (Lipinski definition) is 6. The van der Waals surface area contributed by atoms with Crippen LogP contribution in [0.4, 0.5) is 10.1 Å². The van der Waals surface area contributed by atoms with E-state index in [1.54, 1.807) is 53.2 Å². The van der Waals surface area contributed by atoms with Crippen molar-refractivity contribution in [2.45, 2.75) is 48.7 Å². The van der Waals surface area contributed by atoms with Gasteiger partial charge in [0, 0.05) is 41.9 Å². The summed E-state index contributed by atoms with van der Waals surface area (Å²) in [5, 5.41) is 8.99. The van der Waals surface area contributed by atoms with Crippen LogP contribution >= 0.6 is 23.2 Å². The van der Waals surface area contributed by atoms with Crippen molar-refractivity contribution in [1.82, 2.24) is 14.7 Å². The Morgan fingerprint density at radius 3 is 2.64 bits per heavy atom. The van der Waals surface area contributed by atoms with Gasteiger partial charge in [0.2, 0.25) is 11.8 Å². The van der Waals surface area contributed by atoms with Gasteiger partial charge >= 0.3 is 0 Å². The van der Waals surface area contributed by atoms with E-state index >= 15 is 4.39 Å². The highest BCUT2D eigenvalue weighted by Gasteiger charge is 2.62. The second kappa shape index (κ2) is 10.7. The van der Waals surface area contributed by atoms with E-state index in [1.165, 1.54) is 12.1 Å². The summed E-state index contributed by atoms with van der Waals surface area (Å²) in [4.78, 5) is 16.9. The molecule has 4 atom stereocenters. The van der Waals surface area contributed by atoms with Crippen molar-refractivity contribution in [1.29, 1.82) is 0 Å². The van der Waals surface area contributed by atoms with E-state index in [-0.39, 0.29) is 34.4 Å². The zero-order valence-corrected chi connectivity index (χ0v) is 26.5. The van der Waals surface area contributed by atoms with Crippen molar-refractivity contribution in [2.24, 2.45) is 11.8 Å². The van der Waals surface area contributed by atoms with Crippen molar-refractivity contribution >= 4 is 55.5 Å². The van der Waals surface area contributed by atoms with E-state index in [0.717, 1.165) is 19.1 Å². The van der Waals surface area contributed by atoms with E-state index in [9.17, 15) is 13.2 Å². The van der Waals surface area contributed by atoms with Gasteiger partial charge in [0.15, 0.2) is 9.84 Å². The summed E-state index contributed by atoms with van der Waals surface area (Å²) in [5.41, 5.74) is 0.198. The zero-order chi connectivity index (χ0) is 31.0. The van der Waals surface area contributed by atoms with Crippen molar-refractivity contribution < 1.29 is 22.3 Å². The van der Waals surface area contributed by atoms with Crippen LogP contribution in [-0.2, 0) is 21.2 Å². The minimum atomic E-state index is -3.44. The molecule has 2 aliphatic heterocycles. The molecule has 3 heterocycles. The molecule has 2 fully saturated rings. The van der Waals surface area contributed by atoms with Gasteiger partial charge in [-0.25, -0.2) is 17.5 Å². The molecule has 0 bridgehead atoms. The summed E-state index contributed by atoms with van der Waals surface area (Å²) in [5.74, 6) is -0.814. The lowest BCUT2D eigenvalue weighted by Gasteiger charge is -2.40. The van der Waals surface area contributed by atoms with E-state index in [4.69, 9.17) is 33.0 Å². The zero-order valence-electron chi connectivity index (χ0n) is 24.1. The molecule has 1 aromatic heterocycles. The Bertz CT molecular complexity index is 1910. The Kier molecular flexibility index (Phi) is 7.19. The van der Waals surface area contributed by atoms with Gasteiger partial charge in [-0.3, -0.25) is 9.69 Å². The summed E-state index contributed by atoms with van der Waals surface area (Å²) in [6.45, 7) is 3.10. The molecule has 1 N–H and O–H groups in total. The number of fused-ring (bicyclic) bond motifs is 4. The third kappa shape index (κ3) is 4.96. The number of rotatable bonds is 6. The maximum atomic E-state index is 16.0. The van der Waals surface area contributed by atoms with E-state index < -0.39 is 27.1 Å². The average molecular weight is 658 g/mol. The molecule has 3 aromatic carbocycles. The monoisotopic (exact) mass is 656 g/mol. The summed E-state index contributed by atoms with van der Waals surface area (Å²) in [6, 6.07) is 16.4. The highest BCUT2D eigenvalue weighted by atomic mass is 35.5. The summed E-state index contributed by atoms with van der Waals surface area (Å²) in [7, 11) is -3.44. The number of ether oxygens (including phenoxy) is 1. The smallest absolute Gasteiger partial charge is 0.245 e. The van der Waals surface area contributed by atoms with E-state index in [0.29, 0.717) is 52.1 Å². The number of halogens is 3. The first-order valence-electron chi connectivity index (χ1n) is 14.6. The van der Waals surface area contributed by atoms with Crippen molar-refractivity contribution in [3.8, 4) is 5.88 Å². The minimum Gasteiger partial charge on any atom is -0.476 e. The predicted octanol–water partition coefficient (Wildman–Crippen LogP) is 6.17. The Morgan fingerprint density at radius 1 is 1.14 bits per heavy atom. The molecule has 1 amide bonds. The van der Waals surface area contributed by atoms with Crippen LogP contribution in [0.2, 0.25) is 10.0 Å². The largest absolute Gasteiger partial charge is 0.476 e. The molecule has 12 heteroatoms. The maximum absolute atomic E-state index is 16.0. The van der Waals surface area contributed by atoms with Crippen molar-refractivity contribution in [3.63, 3.8) is 0 Å². The standard InChI is InChI=1S/C32H31Cl2FN4O4S/c1-32(31(40)36-20-6-3-5-19(33)13-20)28(23-7-4-8-25(34)29(23)35)24-16-39-30(43-17-27(24)38(32)15-18-9-10-18)22-12-11-21(44(2,41)42)14-26(22)37-39/h3-8,11-14,18,24,27-28H,9-10,15-17H2,1-2H3,(H,36,40)/t24-,27+,28+,32-/m1/s1. The lowest BCUT2D eigenvalue weighted by Crippen LogP contribution is -2.57. The number of carbonyl (C=O) groups excluding carboxylic acids is 1. The molecular formula is C32H31Cl2FN4O4S. The van der Waals surface area contributed by atoms with Gasteiger partial charge < -0.3 is 10.1 Å². The number of aromatic nitrogens is 2. The molecular weight excluding hydrogens is 626 g/mol. The first-order chi connectivity index (χ1) is 20.9. The van der Waals surface area contributed by atoms with Crippen LogP contribution < -0.4 is 10.1 Å². The number of nitrogens with one attached hydrogen (secondary N) is 1. The van der Waals surface area contributed by atoms with Crippen molar-refractivity contribution in [3.05, 3.63) is 82.1 Å². The maximum Gasteiger partial charge on any atom is 0.245 e. The summed E-state index contributed by atoms with van der Waals surface area (Å²) >= 11 is 12.6. The molecule has 3 aliphatic rings. The second-order valence-electron chi connectivity index (χ2n) is 12.3. The third-order valence-electron chi connectivity index (χ3n) is 9.40. The Hall–Kier alpha value is -3.18. The first kappa shape index (κ1) is 29.5.